The fraction of sp³-hybridized carbons (Fsp3) is 0.556. The fourth-order valence-corrected chi connectivity index (χ4v) is 1.28. The Bertz CT molecular complexity index is 319. The monoisotopic (exact) mass is 248 g/mol. The molecule has 0 amide bonds. The maximum Gasteiger partial charge on any atom is 0.224 e. The molecular weight excluding hydrogens is 235 g/mol. The molecule has 0 fully saturated rings. The van der Waals surface area contributed by atoms with Gasteiger partial charge in [-0.15, -0.1) is 0 Å². The van der Waals surface area contributed by atoms with Crippen LogP contribution in [0.15, 0.2) is 6.20 Å². The zero-order valence-electron chi connectivity index (χ0n) is 8.80. The molecule has 4 nitrogen and oxygen atoms in total. The molecule has 0 aliphatic rings. The third kappa shape index (κ3) is 4.20. The quantitative estimate of drug-likeness (QED) is 0.812. The minimum atomic E-state index is 0.200. The van der Waals surface area contributed by atoms with E-state index in [9.17, 15) is 0 Å². The third-order valence-electron chi connectivity index (χ3n) is 2.04. The largest absolute Gasteiger partial charge is 0.367 e. The van der Waals surface area contributed by atoms with Gasteiger partial charge in [-0.3, -0.25) is 0 Å². The molecular formula is C9H14Cl2N4. The first-order valence-corrected chi connectivity index (χ1v) is 5.49. The summed E-state index contributed by atoms with van der Waals surface area (Å²) in [6, 6.07) is 0. The number of nitrogens with zero attached hydrogens (tertiary/aromatic N) is 3. The highest BCUT2D eigenvalue weighted by Crippen LogP contribution is 2.18. The van der Waals surface area contributed by atoms with Gasteiger partial charge in [0.15, 0.2) is 0 Å². The van der Waals surface area contributed by atoms with E-state index in [1.807, 2.05) is 0 Å². The number of rotatable bonds is 5. The van der Waals surface area contributed by atoms with Gasteiger partial charge >= 0.3 is 0 Å². The van der Waals surface area contributed by atoms with Crippen LogP contribution in [0.4, 0.5) is 5.82 Å². The van der Waals surface area contributed by atoms with Crippen molar-refractivity contribution in [2.24, 2.45) is 0 Å². The van der Waals surface area contributed by atoms with Crippen LogP contribution in [0.2, 0.25) is 10.3 Å². The van der Waals surface area contributed by atoms with Gasteiger partial charge in [-0.1, -0.05) is 18.5 Å². The second-order valence-corrected chi connectivity index (χ2v) is 3.90. The Balaban J connectivity index is 2.46. The standard InChI is InChI=1S/C9H14Cl2N4/c1-3-15(2)5-4-12-8-7(10)6-13-9(11)14-8/h6H,3-5H2,1-2H3,(H,12,13,14). The maximum atomic E-state index is 5.89. The summed E-state index contributed by atoms with van der Waals surface area (Å²) < 4.78 is 0. The molecule has 0 bridgehead atoms. The van der Waals surface area contributed by atoms with Crippen LogP contribution in [0.3, 0.4) is 0 Å². The number of likely N-dealkylation sites (N-methyl/N-ethyl adjacent to an activating group) is 1. The van der Waals surface area contributed by atoms with Crippen molar-refractivity contribution >= 4 is 29.0 Å². The molecule has 0 unspecified atom stereocenters. The van der Waals surface area contributed by atoms with E-state index in [4.69, 9.17) is 23.2 Å². The van der Waals surface area contributed by atoms with E-state index in [0.717, 1.165) is 19.6 Å². The van der Waals surface area contributed by atoms with Gasteiger partial charge in [0.25, 0.3) is 0 Å². The highest BCUT2D eigenvalue weighted by Gasteiger charge is 2.03. The number of hydrogen-bond donors (Lipinski definition) is 1. The van der Waals surface area contributed by atoms with Crippen molar-refractivity contribution in [1.82, 2.24) is 14.9 Å². The maximum absolute atomic E-state index is 5.89. The highest BCUT2D eigenvalue weighted by molar-refractivity contribution is 6.33. The van der Waals surface area contributed by atoms with Crippen LogP contribution in [0.25, 0.3) is 0 Å². The Hall–Kier alpha value is -0.580. The smallest absolute Gasteiger partial charge is 0.224 e. The number of anilines is 1. The highest BCUT2D eigenvalue weighted by atomic mass is 35.5. The minimum Gasteiger partial charge on any atom is -0.367 e. The fourth-order valence-electron chi connectivity index (χ4n) is 0.993. The second kappa shape index (κ2) is 6.10. The van der Waals surface area contributed by atoms with Crippen molar-refractivity contribution in [3.05, 3.63) is 16.5 Å². The zero-order chi connectivity index (χ0) is 11.3. The lowest BCUT2D eigenvalue weighted by atomic mass is 10.5. The average molecular weight is 249 g/mol. The molecule has 15 heavy (non-hydrogen) atoms. The van der Waals surface area contributed by atoms with Crippen LogP contribution in [0.1, 0.15) is 6.92 Å². The summed E-state index contributed by atoms with van der Waals surface area (Å²) in [4.78, 5) is 9.94. The van der Waals surface area contributed by atoms with E-state index in [2.05, 4.69) is 34.2 Å². The summed E-state index contributed by atoms with van der Waals surface area (Å²) in [6.45, 7) is 4.82. The van der Waals surface area contributed by atoms with Gasteiger partial charge in [0, 0.05) is 13.1 Å². The summed E-state index contributed by atoms with van der Waals surface area (Å²) in [7, 11) is 2.05. The van der Waals surface area contributed by atoms with Gasteiger partial charge in [-0.2, -0.15) is 4.98 Å². The predicted molar refractivity (Wildman–Crippen MR) is 63.7 cm³/mol. The van der Waals surface area contributed by atoms with E-state index < -0.39 is 0 Å². The van der Waals surface area contributed by atoms with Crippen LogP contribution >= 0.6 is 23.2 Å². The second-order valence-electron chi connectivity index (χ2n) is 3.16. The van der Waals surface area contributed by atoms with Crippen molar-refractivity contribution < 1.29 is 0 Å². The summed E-state index contributed by atoms with van der Waals surface area (Å²) >= 11 is 11.5. The Kier molecular flexibility index (Phi) is 5.08. The number of aromatic nitrogens is 2. The van der Waals surface area contributed by atoms with Gasteiger partial charge in [0.05, 0.1) is 6.20 Å². The molecule has 0 spiro atoms. The topological polar surface area (TPSA) is 41.0 Å². The Labute approximate surface area is 99.6 Å². The van der Waals surface area contributed by atoms with Crippen molar-refractivity contribution in [3.8, 4) is 0 Å². The number of nitrogens with one attached hydrogen (secondary N) is 1. The molecule has 0 radical (unpaired) electrons. The van der Waals surface area contributed by atoms with E-state index >= 15 is 0 Å². The van der Waals surface area contributed by atoms with Crippen LogP contribution in [-0.2, 0) is 0 Å². The molecule has 1 rings (SSSR count). The Morgan fingerprint density at radius 3 is 2.87 bits per heavy atom. The van der Waals surface area contributed by atoms with E-state index in [0.29, 0.717) is 10.8 Å². The lowest BCUT2D eigenvalue weighted by Crippen LogP contribution is -2.25. The third-order valence-corrected chi connectivity index (χ3v) is 2.50. The first-order valence-electron chi connectivity index (χ1n) is 4.74. The number of hydrogen-bond acceptors (Lipinski definition) is 4. The molecule has 84 valence electrons. The van der Waals surface area contributed by atoms with Crippen molar-refractivity contribution in [3.63, 3.8) is 0 Å². The molecule has 0 aromatic carbocycles. The molecule has 1 aromatic rings. The average Bonchev–Trinajstić information content (AvgIpc) is 2.23. The van der Waals surface area contributed by atoms with E-state index in [1.165, 1.54) is 6.20 Å². The molecule has 0 aliphatic carbocycles. The van der Waals surface area contributed by atoms with Gasteiger partial charge in [0.2, 0.25) is 5.28 Å². The predicted octanol–water partition coefficient (Wildman–Crippen LogP) is 2.15. The lowest BCUT2D eigenvalue weighted by Gasteiger charge is -2.14. The van der Waals surface area contributed by atoms with E-state index in [1.54, 1.807) is 0 Å². The van der Waals surface area contributed by atoms with Crippen LogP contribution in [-0.4, -0.2) is 41.5 Å². The normalized spacial score (nSPS) is 10.7. The van der Waals surface area contributed by atoms with Gasteiger partial charge in [0.1, 0.15) is 10.8 Å². The summed E-state index contributed by atoms with van der Waals surface area (Å²) in [5.41, 5.74) is 0. The molecule has 0 atom stereocenters. The first-order chi connectivity index (χ1) is 7.13. The van der Waals surface area contributed by atoms with Crippen LogP contribution in [0.5, 0.6) is 0 Å². The molecule has 6 heteroatoms. The van der Waals surface area contributed by atoms with Crippen molar-refractivity contribution in [2.75, 3.05) is 32.0 Å². The molecule has 0 saturated carbocycles. The molecule has 0 saturated heterocycles. The first kappa shape index (κ1) is 12.5. The molecule has 1 heterocycles. The Morgan fingerprint density at radius 2 is 2.20 bits per heavy atom. The van der Waals surface area contributed by atoms with Gasteiger partial charge in [-0.25, -0.2) is 4.98 Å². The van der Waals surface area contributed by atoms with Gasteiger partial charge < -0.3 is 10.2 Å². The summed E-state index contributed by atoms with van der Waals surface area (Å²) in [5.74, 6) is 0.584. The number of halogens is 2. The Morgan fingerprint density at radius 1 is 1.47 bits per heavy atom. The minimum absolute atomic E-state index is 0.200. The SMILES string of the molecule is CCN(C)CCNc1nc(Cl)ncc1Cl. The molecule has 1 N–H and O–H groups in total. The molecule has 0 aliphatic heterocycles. The van der Waals surface area contributed by atoms with Crippen molar-refractivity contribution in [1.29, 1.82) is 0 Å². The van der Waals surface area contributed by atoms with Crippen LogP contribution < -0.4 is 5.32 Å². The van der Waals surface area contributed by atoms with E-state index in [-0.39, 0.29) is 5.28 Å². The summed E-state index contributed by atoms with van der Waals surface area (Å²) in [5, 5.41) is 3.79. The lowest BCUT2D eigenvalue weighted by molar-refractivity contribution is 0.367. The zero-order valence-corrected chi connectivity index (χ0v) is 10.3. The summed E-state index contributed by atoms with van der Waals surface area (Å²) in [6.07, 6.45) is 1.49. The van der Waals surface area contributed by atoms with Gasteiger partial charge in [-0.05, 0) is 25.2 Å². The van der Waals surface area contributed by atoms with Crippen LogP contribution in [0, 0.1) is 0 Å². The molecule has 1 aromatic heterocycles. The van der Waals surface area contributed by atoms with Crippen molar-refractivity contribution in [2.45, 2.75) is 6.92 Å².